The Hall–Kier alpha value is -1.07. The van der Waals surface area contributed by atoms with Crippen molar-refractivity contribution in [2.75, 3.05) is 18.5 Å². The molecule has 4 nitrogen and oxygen atoms in total. The second kappa shape index (κ2) is 4.84. The fourth-order valence-electron chi connectivity index (χ4n) is 1.69. The molecule has 1 aliphatic heterocycles. The van der Waals surface area contributed by atoms with Crippen LogP contribution < -0.4 is 5.32 Å². The van der Waals surface area contributed by atoms with Gasteiger partial charge < -0.3 is 15.2 Å². The lowest BCUT2D eigenvalue weighted by molar-refractivity contribution is 0.0698. The van der Waals surface area contributed by atoms with Crippen molar-refractivity contribution in [2.24, 2.45) is 0 Å². The van der Waals surface area contributed by atoms with E-state index >= 15 is 0 Å². The first-order valence-corrected chi connectivity index (χ1v) is 5.83. The molecule has 2 N–H and O–H groups in total. The summed E-state index contributed by atoms with van der Waals surface area (Å²) in [7, 11) is 0. The number of hydrogen-bond donors (Lipinski definition) is 2. The fraction of sp³-hybridized carbons (Fsp3) is 0.364. The Bertz CT molecular complexity index is 402. The third-order valence-corrected chi connectivity index (χ3v) is 2.99. The predicted molar refractivity (Wildman–Crippen MR) is 63.9 cm³/mol. The van der Waals surface area contributed by atoms with Gasteiger partial charge in [-0.2, -0.15) is 0 Å². The molecule has 0 radical (unpaired) electrons. The van der Waals surface area contributed by atoms with Crippen molar-refractivity contribution in [3.8, 4) is 0 Å². The minimum atomic E-state index is -0.922. The van der Waals surface area contributed by atoms with Gasteiger partial charge in [-0.25, -0.2) is 4.79 Å². The maximum Gasteiger partial charge on any atom is 0.337 e. The van der Waals surface area contributed by atoms with Crippen molar-refractivity contribution in [3.05, 3.63) is 28.2 Å². The van der Waals surface area contributed by atoms with Crippen molar-refractivity contribution in [2.45, 2.75) is 12.5 Å². The molecule has 0 saturated carbocycles. The van der Waals surface area contributed by atoms with Crippen molar-refractivity contribution in [3.63, 3.8) is 0 Å². The number of carboxylic acid groups (broad SMARTS) is 1. The van der Waals surface area contributed by atoms with Gasteiger partial charge in [-0.1, -0.05) is 15.9 Å². The highest BCUT2D eigenvalue weighted by molar-refractivity contribution is 9.10. The maximum atomic E-state index is 11.0. The van der Waals surface area contributed by atoms with Crippen LogP contribution in [0.2, 0.25) is 0 Å². The smallest absolute Gasteiger partial charge is 0.337 e. The molecule has 16 heavy (non-hydrogen) atoms. The van der Waals surface area contributed by atoms with E-state index in [0.717, 1.165) is 17.5 Å². The molecule has 1 aliphatic rings. The van der Waals surface area contributed by atoms with Crippen LogP contribution in [-0.2, 0) is 4.74 Å². The Balaban J connectivity index is 2.22. The van der Waals surface area contributed by atoms with E-state index in [9.17, 15) is 4.79 Å². The number of hydrogen-bond acceptors (Lipinski definition) is 3. The molecule has 2 rings (SSSR count). The van der Waals surface area contributed by atoms with Gasteiger partial charge in [0.2, 0.25) is 0 Å². The van der Waals surface area contributed by atoms with Crippen LogP contribution in [0, 0.1) is 0 Å². The van der Waals surface area contributed by atoms with Crippen molar-refractivity contribution >= 4 is 27.6 Å². The van der Waals surface area contributed by atoms with Gasteiger partial charge in [0.05, 0.1) is 23.9 Å². The fourth-order valence-corrected chi connectivity index (χ4v) is 2.05. The molecule has 86 valence electrons. The molecule has 0 bridgehead atoms. The number of benzene rings is 1. The lowest BCUT2D eigenvalue weighted by Crippen LogP contribution is -2.20. The van der Waals surface area contributed by atoms with Crippen LogP contribution in [0.5, 0.6) is 0 Å². The highest BCUT2D eigenvalue weighted by atomic mass is 79.9. The van der Waals surface area contributed by atoms with Crippen LogP contribution in [0.15, 0.2) is 22.7 Å². The van der Waals surface area contributed by atoms with E-state index in [0.29, 0.717) is 12.3 Å². The van der Waals surface area contributed by atoms with Crippen LogP contribution in [0.4, 0.5) is 5.69 Å². The second-order valence-electron chi connectivity index (χ2n) is 3.70. The van der Waals surface area contributed by atoms with Gasteiger partial charge in [-0.15, -0.1) is 0 Å². The summed E-state index contributed by atoms with van der Waals surface area (Å²) in [6, 6.07) is 5.29. The summed E-state index contributed by atoms with van der Waals surface area (Å²) in [5.74, 6) is -0.922. The lowest BCUT2D eigenvalue weighted by atomic mass is 10.1. The van der Waals surface area contributed by atoms with Crippen LogP contribution in [0.1, 0.15) is 16.8 Å². The third kappa shape index (κ3) is 2.54. The first-order chi connectivity index (χ1) is 7.66. The van der Waals surface area contributed by atoms with Crippen molar-refractivity contribution in [1.29, 1.82) is 0 Å². The molecule has 0 spiro atoms. The van der Waals surface area contributed by atoms with Gasteiger partial charge in [-0.05, 0) is 24.6 Å². The average molecular weight is 286 g/mol. The molecule has 0 amide bonds. The van der Waals surface area contributed by atoms with Crippen LogP contribution >= 0.6 is 15.9 Å². The van der Waals surface area contributed by atoms with E-state index in [1.165, 1.54) is 0 Å². The summed E-state index contributed by atoms with van der Waals surface area (Å²) in [6.07, 6.45) is 0.908. The first kappa shape index (κ1) is 11.4. The number of ether oxygens (including phenoxy) is 1. The quantitative estimate of drug-likeness (QED) is 0.895. The van der Waals surface area contributed by atoms with Crippen molar-refractivity contribution in [1.82, 2.24) is 0 Å². The summed E-state index contributed by atoms with van der Waals surface area (Å²) in [6.45, 7) is 1.36. The first-order valence-electron chi connectivity index (χ1n) is 5.04. The van der Waals surface area contributed by atoms with E-state index in [1.54, 1.807) is 18.2 Å². The molecule has 0 aromatic heterocycles. The summed E-state index contributed by atoms with van der Waals surface area (Å²) in [4.78, 5) is 11.0. The van der Waals surface area contributed by atoms with Gasteiger partial charge in [-0.3, -0.25) is 0 Å². The molecule has 1 saturated heterocycles. The highest BCUT2D eigenvalue weighted by Crippen LogP contribution is 2.23. The van der Waals surface area contributed by atoms with Crippen LogP contribution in [0.3, 0.4) is 0 Å². The predicted octanol–water partition coefficient (Wildman–Crippen LogP) is 2.35. The van der Waals surface area contributed by atoms with Crippen molar-refractivity contribution < 1.29 is 14.6 Å². The summed E-state index contributed by atoms with van der Waals surface area (Å²) in [5, 5.41) is 12.2. The van der Waals surface area contributed by atoms with E-state index in [-0.39, 0.29) is 11.6 Å². The van der Waals surface area contributed by atoms with Gasteiger partial charge in [0.1, 0.15) is 0 Å². The number of nitrogens with one attached hydrogen (secondary N) is 1. The minimum absolute atomic E-state index is 0.201. The summed E-state index contributed by atoms with van der Waals surface area (Å²) in [5.41, 5.74) is 0.924. The normalized spacial score (nSPS) is 19.7. The largest absolute Gasteiger partial charge is 0.478 e. The topological polar surface area (TPSA) is 58.6 Å². The lowest BCUT2D eigenvalue weighted by Gasteiger charge is -2.14. The number of carboxylic acids is 1. The Morgan fingerprint density at radius 1 is 1.56 bits per heavy atom. The number of carbonyl (C=O) groups is 1. The number of anilines is 1. The Morgan fingerprint density at radius 3 is 3.00 bits per heavy atom. The van der Waals surface area contributed by atoms with Crippen LogP contribution in [0.25, 0.3) is 0 Å². The monoisotopic (exact) mass is 285 g/mol. The zero-order valence-corrected chi connectivity index (χ0v) is 10.2. The number of aromatic carboxylic acids is 1. The molecular weight excluding hydrogens is 274 g/mol. The van der Waals surface area contributed by atoms with E-state index in [2.05, 4.69) is 21.2 Å². The number of halogens is 1. The van der Waals surface area contributed by atoms with Gasteiger partial charge in [0.15, 0.2) is 0 Å². The molecule has 0 aliphatic carbocycles. The van der Waals surface area contributed by atoms with Gasteiger partial charge in [0, 0.05) is 11.1 Å². The van der Waals surface area contributed by atoms with Gasteiger partial charge in [0.25, 0.3) is 0 Å². The molecule has 1 unspecified atom stereocenters. The number of rotatable bonds is 3. The van der Waals surface area contributed by atoms with E-state index < -0.39 is 5.97 Å². The molecule has 1 aromatic carbocycles. The molecular formula is C11H12BrNO3. The molecule has 1 aromatic rings. The maximum absolute atomic E-state index is 11.0. The summed E-state index contributed by atoms with van der Waals surface area (Å²) < 4.78 is 6.10. The Kier molecular flexibility index (Phi) is 3.46. The molecule has 1 atom stereocenters. The third-order valence-electron chi connectivity index (χ3n) is 2.50. The highest BCUT2D eigenvalue weighted by Gasteiger charge is 2.18. The zero-order valence-electron chi connectivity index (χ0n) is 8.57. The van der Waals surface area contributed by atoms with Gasteiger partial charge >= 0.3 is 5.97 Å². The van der Waals surface area contributed by atoms with Crippen LogP contribution in [-0.4, -0.2) is 30.3 Å². The second-order valence-corrected chi connectivity index (χ2v) is 4.62. The zero-order chi connectivity index (χ0) is 11.5. The molecule has 5 heteroatoms. The standard InChI is InChI=1S/C11H12BrNO3/c12-7-1-2-9(11(14)15)10(5-7)13-8-3-4-16-6-8/h1-2,5,8,13H,3-4,6H2,(H,14,15). The molecule has 1 heterocycles. The SMILES string of the molecule is O=C(O)c1ccc(Br)cc1NC1CCOC1. The van der Waals surface area contributed by atoms with E-state index in [4.69, 9.17) is 9.84 Å². The van der Waals surface area contributed by atoms with E-state index in [1.807, 2.05) is 0 Å². The average Bonchev–Trinajstić information content (AvgIpc) is 2.70. The Labute approximate surface area is 102 Å². The molecule has 1 fully saturated rings. The summed E-state index contributed by atoms with van der Waals surface area (Å²) >= 11 is 3.33. The Morgan fingerprint density at radius 2 is 2.38 bits per heavy atom. The minimum Gasteiger partial charge on any atom is -0.478 e.